The van der Waals surface area contributed by atoms with Crippen molar-refractivity contribution >= 4 is 28.1 Å². The summed E-state index contributed by atoms with van der Waals surface area (Å²) in [6, 6.07) is 6.59. The molecule has 2 rings (SSSR count). The van der Waals surface area contributed by atoms with Gasteiger partial charge in [-0.1, -0.05) is 21.1 Å². The molecule has 0 unspecified atom stereocenters. The van der Waals surface area contributed by atoms with Gasteiger partial charge in [-0.3, -0.25) is 0 Å². The Morgan fingerprint density at radius 1 is 0.923 bits per heavy atom. The van der Waals surface area contributed by atoms with Gasteiger partial charge >= 0.3 is 5.97 Å². The van der Waals surface area contributed by atoms with Crippen LogP contribution in [-0.4, -0.2) is 12.2 Å². The number of halogens is 6. The number of oxime groups is 1. The summed E-state index contributed by atoms with van der Waals surface area (Å²) in [5, 5.41) is 3.47. The number of esters is 1. The topological polar surface area (TPSA) is 47.9 Å². The summed E-state index contributed by atoms with van der Waals surface area (Å²) in [6.07, 6.45) is 2.63. The fourth-order valence-corrected chi connectivity index (χ4v) is 1.82. The third kappa shape index (κ3) is 4.66. The minimum absolute atomic E-state index is 0.391. The molecule has 0 aromatic heterocycles. The van der Waals surface area contributed by atoms with Crippen molar-refractivity contribution in [2.45, 2.75) is 0 Å². The van der Waals surface area contributed by atoms with Crippen LogP contribution in [0.1, 0.15) is 0 Å². The molecule has 0 radical (unpaired) electrons. The molecule has 136 valence electrons. The molecule has 0 bridgehead atoms. The molecule has 4 nitrogen and oxygen atoms in total. The van der Waals surface area contributed by atoms with Crippen molar-refractivity contribution in [1.29, 1.82) is 0 Å². The highest BCUT2D eigenvalue weighted by Crippen LogP contribution is 2.29. The molecule has 2 aromatic rings. The lowest BCUT2D eigenvalue weighted by Crippen LogP contribution is -2.11. The Morgan fingerprint density at radius 2 is 1.46 bits per heavy atom. The Morgan fingerprint density at radius 3 is 2.04 bits per heavy atom. The van der Waals surface area contributed by atoms with Crippen molar-refractivity contribution in [2.24, 2.45) is 5.16 Å². The first kappa shape index (κ1) is 19.6. The number of hydrogen-bond acceptors (Lipinski definition) is 4. The SMILES string of the molecule is O=C(/C=C/C=N/Oc1ccc(Br)cc1)Oc1c(F)c(F)c(F)c(F)c1F. The number of ether oxygens (including phenoxy) is 1. The third-order valence-corrected chi connectivity index (χ3v) is 3.25. The number of allylic oxidation sites excluding steroid dienone is 1. The first-order valence-electron chi connectivity index (χ1n) is 6.67. The minimum Gasteiger partial charge on any atom is -0.417 e. The van der Waals surface area contributed by atoms with E-state index in [1.165, 1.54) is 0 Å². The summed E-state index contributed by atoms with van der Waals surface area (Å²) >= 11 is 3.23. The lowest BCUT2D eigenvalue weighted by molar-refractivity contribution is -0.129. The molecule has 26 heavy (non-hydrogen) atoms. The molecule has 0 N–H and O–H groups in total. The highest BCUT2D eigenvalue weighted by Gasteiger charge is 2.28. The van der Waals surface area contributed by atoms with Crippen LogP contribution in [-0.2, 0) is 4.79 Å². The summed E-state index contributed by atoms with van der Waals surface area (Å²) in [6.45, 7) is 0. The molecule has 0 aliphatic carbocycles. The van der Waals surface area contributed by atoms with E-state index in [4.69, 9.17) is 4.84 Å². The van der Waals surface area contributed by atoms with E-state index < -0.39 is 40.8 Å². The van der Waals surface area contributed by atoms with Crippen LogP contribution in [0.25, 0.3) is 0 Å². The van der Waals surface area contributed by atoms with Crippen molar-refractivity contribution in [3.63, 3.8) is 0 Å². The first-order valence-corrected chi connectivity index (χ1v) is 7.46. The van der Waals surface area contributed by atoms with Crippen molar-refractivity contribution in [1.82, 2.24) is 0 Å². The summed E-state index contributed by atoms with van der Waals surface area (Å²) in [4.78, 5) is 16.3. The Labute approximate surface area is 151 Å². The Bertz CT molecular complexity index is 855. The second-order valence-electron chi connectivity index (χ2n) is 4.48. The van der Waals surface area contributed by atoms with Gasteiger partial charge in [0.15, 0.2) is 5.75 Å². The number of benzene rings is 2. The van der Waals surface area contributed by atoms with Gasteiger partial charge in [0.1, 0.15) is 0 Å². The van der Waals surface area contributed by atoms with Gasteiger partial charge in [0.2, 0.25) is 34.8 Å². The first-order chi connectivity index (χ1) is 12.3. The standard InChI is InChI=1S/C16H7BrF5NO3/c17-8-3-5-9(6-4-8)26-23-7-1-2-10(24)25-16-14(21)12(19)11(18)13(20)15(16)22/h1-7H/b2-1+,23-7+. The van der Waals surface area contributed by atoms with E-state index in [-0.39, 0.29) is 0 Å². The van der Waals surface area contributed by atoms with E-state index in [2.05, 4.69) is 25.8 Å². The average molecular weight is 436 g/mol. The van der Waals surface area contributed by atoms with Gasteiger partial charge in [0, 0.05) is 10.5 Å². The molecule has 0 saturated heterocycles. The van der Waals surface area contributed by atoms with Gasteiger partial charge in [-0.25, -0.2) is 18.0 Å². The average Bonchev–Trinajstić information content (AvgIpc) is 2.63. The van der Waals surface area contributed by atoms with Crippen molar-refractivity contribution in [3.8, 4) is 11.5 Å². The quantitative estimate of drug-likeness (QED) is 0.100. The van der Waals surface area contributed by atoms with Crippen molar-refractivity contribution in [3.05, 3.63) is 70.0 Å². The van der Waals surface area contributed by atoms with Gasteiger partial charge < -0.3 is 9.57 Å². The molecule has 0 heterocycles. The van der Waals surface area contributed by atoms with E-state index in [0.717, 1.165) is 16.8 Å². The summed E-state index contributed by atoms with van der Waals surface area (Å²) in [7, 11) is 0. The number of hydrogen-bond donors (Lipinski definition) is 0. The lowest BCUT2D eigenvalue weighted by Gasteiger charge is -2.06. The van der Waals surface area contributed by atoms with Crippen LogP contribution in [0.4, 0.5) is 22.0 Å². The highest BCUT2D eigenvalue weighted by molar-refractivity contribution is 9.10. The predicted octanol–water partition coefficient (Wildman–Crippen LogP) is 4.67. The van der Waals surface area contributed by atoms with E-state index >= 15 is 0 Å². The maximum atomic E-state index is 13.4. The normalized spacial score (nSPS) is 11.3. The van der Waals surface area contributed by atoms with Crippen LogP contribution in [0.3, 0.4) is 0 Å². The molecule has 0 saturated carbocycles. The lowest BCUT2D eigenvalue weighted by atomic mass is 10.2. The number of carbonyl (C=O) groups excluding carboxylic acids is 1. The number of nitrogens with zero attached hydrogens (tertiary/aromatic N) is 1. The van der Waals surface area contributed by atoms with Crippen molar-refractivity contribution in [2.75, 3.05) is 0 Å². The molecule has 0 aliphatic heterocycles. The number of carbonyl (C=O) groups is 1. The predicted molar refractivity (Wildman–Crippen MR) is 84.3 cm³/mol. The second kappa shape index (κ2) is 8.56. The van der Waals surface area contributed by atoms with Crippen LogP contribution in [0.5, 0.6) is 11.5 Å². The molecule has 0 aliphatic rings. The Hall–Kier alpha value is -2.75. The second-order valence-corrected chi connectivity index (χ2v) is 5.39. The molecule has 0 fully saturated rings. The number of rotatable bonds is 5. The fourth-order valence-electron chi connectivity index (χ4n) is 1.55. The molecule has 0 atom stereocenters. The maximum Gasteiger partial charge on any atom is 0.336 e. The van der Waals surface area contributed by atoms with Crippen LogP contribution in [0.15, 0.2) is 46.0 Å². The van der Waals surface area contributed by atoms with Crippen LogP contribution >= 0.6 is 15.9 Å². The smallest absolute Gasteiger partial charge is 0.336 e. The monoisotopic (exact) mass is 435 g/mol. The zero-order valence-electron chi connectivity index (χ0n) is 12.5. The molecular weight excluding hydrogens is 429 g/mol. The van der Waals surface area contributed by atoms with E-state index in [0.29, 0.717) is 11.8 Å². The maximum absolute atomic E-state index is 13.4. The molecular formula is C16H7BrF5NO3. The summed E-state index contributed by atoms with van der Waals surface area (Å²) in [5.41, 5.74) is 0. The largest absolute Gasteiger partial charge is 0.417 e. The Balaban J connectivity index is 1.99. The molecule has 10 heteroatoms. The molecule has 0 spiro atoms. The third-order valence-electron chi connectivity index (χ3n) is 2.72. The minimum atomic E-state index is -2.35. The molecule has 2 aromatic carbocycles. The fraction of sp³-hybridized carbons (Fsp3) is 0. The van der Waals surface area contributed by atoms with Crippen LogP contribution in [0, 0.1) is 29.1 Å². The van der Waals surface area contributed by atoms with Gasteiger partial charge in [-0.05, 0) is 30.3 Å². The summed E-state index contributed by atoms with van der Waals surface area (Å²) < 4.78 is 70.5. The van der Waals surface area contributed by atoms with Gasteiger partial charge in [-0.15, -0.1) is 0 Å². The van der Waals surface area contributed by atoms with Crippen LogP contribution < -0.4 is 9.57 Å². The van der Waals surface area contributed by atoms with E-state index in [1.54, 1.807) is 24.3 Å². The van der Waals surface area contributed by atoms with Crippen LogP contribution in [0.2, 0.25) is 0 Å². The van der Waals surface area contributed by atoms with Gasteiger partial charge in [-0.2, -0.15) is 8.78 Å². The highest BCUT2D eigenvalue weighted by atomic mass is 79.9. The van der Waals surface area contributed by atoms with E-state index in [1.807, 2.05) is 0 Å². The van der Waals surface area contributed by atoms with Crippen molar-refractivity contribution < 1.29 is 36.3 Å². The van der Waals surface area contributed by atoms with Gasteiger partial charge in [0.25, 0.3) is 0 Å². The zero-order valence-corrected chi connectivity index (χ0v) is 14.1. The van der Waals surface area contributed by atoms with E-state index in [9.17, 15) is 26.7 Å². The van der Waals surface area contributed by atoms with Gasteiger partial charge in [0.05, 0.1) is 6.21 Å². The molecule has 0 amide bonds. The Kier molecular flexibility index (Phi) is 6.45. The zero-order chi connectivity index (χ0) is 19.3. The summed E-state index contributed by atoms with van der Waals surface area (Å²) in [5.74, 6) is -14.0.